The van der Waals surface area contributed by atoms with Crippen molar-refractivity contribution in [1.29, 1.82) is 0 Å². The molecule has 0 radical (unpaired) electrons. The monoisotopic (exact) mass is 413 g/mol. The number of benzene rings is 2. The number of anilines is 2. The average molecular weight is 414 g/mol. The second-order valence-corrected chi connectivity index (χ2v) is 8.56. The first kappa shape index (κ1) is 18.8. The number of carbonyl (C=O) groups is 2. The molecule has 0 atom stereocenters. The van der Waals surface area contributed by atoms with Crippen molar-refractivity contribution in [2.75, 3.05) is 23.5 Å². The Bertz CT molecular complexity index is 1030. The maximum absolute atomic E-state index is 12.3. The summed E-state index contributed by atoms with van der Waals surface area (Å²) >= 11 is 2.83. The first-order valence-electron chi connectivity index (χ1n) is 8.89. The molecule has 2 aromatic carbocycles. The average Bonchev–Trinajstić information content (AvgIpc) is 3.47. The van der Waals surface area contributed by atoms with E-state index in [1.165, 1.54) is 23.1 Å². The Morgan fingerprint density at radius 2 is 2.07 bits per heavy atom. The second kappa shape index (κ2) is 8.20. The van der Waals surface area contributed by atoms with Gasteiger partial charge >= 0.3 is 0 Å². The summed E-state index contributed by atoms with van der Waals surface area (Å²) in [5.74, 6) is 1.14. The number of thioether (sulfide) groups is 1. The van der Waals surface area contributed by atoms with E-state index in [1.54, 1.807) is 7.11 Å². The summed E-state index contributed by atoms with van der Waals surface area (Å²) in [7, 11) is 1.62. The van der Waals surface area contributed by atoms with Gasteiger partial charge in [0.25, 0.3) is 0 Å². The summed E-state index contributed by atoms with van der Waals surface area (Å²) in [4.78, 5) is 29.5. The van der Waals surface area contributed by atoms with Crippen molar-refractivity contribution >= 4 is 55.9 Å². The smallest absolute Gasteiger partial charge is 0.236 e. The van der Waals surface area contributed by atoms with Gasteiger partial charge in [-0.25, -0.2) is 4.98 Å². The summed E-state index contributed by atoms with van der Waals surface area (Å²) in [5.41, 5.74) is 1.59. The molecule has 2 amide bonds. The molecule has 2 N–H and O–H groups in total. The Labute approximate surface area is 170 Å². The SMILES string of the molecule is COc1ccc2nc(NC(=O)CSc3cccc(NC(=O)C4CC4)c3)sc2c1. The molecular weight excluding hydrogens is 394 g/mol. The number of aromatic nitrogens is 1. The molecule has 0 unspecified atom stereocenters. The largest absolute Gasteiger partial charge is 0.497 e. The minimum Gasteiger partial charge on any atom is -0.497 e. The van der Waals surface area contributed by atoms with Crippen LogP contribution >= 0.6 is 23.1 Å². The van der Waals surface area contributed by atoms with Crippen LogP contribution < -0.4 is 15.4 Å². The van der Waals surface area contributed by atoms with E-state index in [9.17, 15) is 9.59 Å². The van der Waals surface area contributed by atoms with Gasteiger partial charge in [0.15, 0.2) is 5.13 Å². The van der Waals surface area contributed by atoms with Gasteiger partial charge < -0.3 is 15.4 Å². The predicted molar refractivity (Wildman–Crippen MR) is 113 cm³/mol. The quantitative estimate of drug-likeness (QED) is 0.562. The van der Waals surface area contributed by atoms with E-state index < -0.39 is 0 Å². The fraction of sp³-hybridized carbons (Fsp3) is 0.250. The van der Waals surface area contributed by atoms with Gasteiger partial charge in [0, 0.05) is 16.5 Å². The highest BCUT2D eigenvalue weighted by Crippen LogP contribution is 2.31. The molecule has 1 aliphatic carbocycles. The van der Waals surface area contributed by atoms with Gasteiger partial charge in [-0.2, -0.15) is 0 Å². The highest BCUT2D eigenvalue weighted by Gasteiger charge is 2.29. The number of ether oxygens (including phenoxy) is 1. The summed E-state index contributed by atoms with van der Waals surface area (Å²) < 4.78 is 6.17. The van der Waals surface area contributed by atoms with E-state index in [-0.39, 0.29) is 23.5 Å². The first-order valence-corrected chi connectivity index (χ1v) is 10.7. The van der Waals surface area contributed by atoms with Crippen LogP contribution in [0.5, 0.6) is 5.75 Å². The number of rotatable bonds is 7. The first-order chi connectivity index (χ1) is 13.6. The van der Waals surface area contributed by atoms with Crippen molar-refractivity contribution in [3.8, 4) is 5.75 Å². The Kier molecular flexibility index (Phi) is 5.50. The molecule has 0 aliphatic heterocycles. The lowest BCUT2D eigenvalue weighted by Gasteiger charge is -2.07. The molecule has 1 fully saturated rings. The van der Waals surface area contributed by atoms with Crippen molar-refractivity contribution in [3.63, 3.8) is 0 Å². The molecule has 0 spiro atoms. The molecule has 1 aromatic heterocycles. The number of amides is 2. The summed E-state index contributed by atoms with van der Waals surface area (Å²) in [6.45, 7) is 0. The van der Waals surface area contributed by atoms with Crippen LogP contribution in [0, 0.1) is 5.92 Å². The summed E-state index contributed by atoms with van der Waals surface area (Å²) in [5, 5.41) is 6.34. The fourth-order valence-corrected chi connectivity index (χ4v) is 4.31. The van der Waals surface area contributed by atoms with Crippen molar-refractivity contribution in [3.05, 3.63) is 42.5 Å². The standard InChI is InChI=1S/C20H19N3O3S2/c1-26-14-7-8-16-17(10-14)28-20(22-16)23-18(24)11-27-15-4-2-3-13(9-15)21-19(25)12-5-6-12/h2-4,7-10,12H,5-6,11H2,1H3,(H,21,25)(H,22,23,24). The highest BCUT2D eigenvalue weighted by atomic mass is 32.2. The maximum Gasteiger partial charge on any atom is 0.236 e. The van der Waals surface area contributed by atoms with Crippen LogP contribution in [-0.4, -0.2) is 29.7 Å². The zero-order chi connectivity index (χ0) is 19.5. The van der Waals surface area contributed by atoms with E-state index in [2.05, 4.69) is 15.6 Å². The lowest BCUT2D eigenvalue weighted by molar-refractivity contribution is -0.117. The van der Waals surface area contributed by atoms with E-state index in [0.29, 0.717) is 5.13 Å². The van der Waals surface area contributed by atoms with Crippen molar-refractivity contribution < 1.29 is 14.3 Å². The van der Waals surface area contributed by atoms with Gasteiger partial charge in [-0.15, -0.1) is 11.8 Å². The van der Waals surface area contributed by atoms with Gasteiger partial charge in [0.2, 0.25) is 11.8 Å². The van der Waals surface area contributed by atoms with Crippen molar-refractivity contribution in [2.45, 2.75) is 17.7 Å². The van der Waals surface area contributed by atoms with E-state index in [4.69, 9.17) is 4.74 Å². The molecule has 1 heterocycles. The number of carbonyl (C=O) groups excluding carboxylic acids is 2. The Morgan fingerprint density at radius 1 is 1.21 bits per heavy atom. The molecule has 0 bridgehead atoms. The third kappa shape index (κ3) is 4.63. The van der Waals surface area contributed by atoms with Crippen LogP contribution in [0.3, 0.4) is 0 Å². The van der Waals surface area contributed by atoms with E-state index >= 15 is 0 Å². The van der Waals surface area contributed by atoms with Crippen LogP contribution in [0.1, 0.15) is 12.8 Å². The maximum atomic E-state index is 12.3. The fourth-order valence-electron chi connectivity index (χ4n) is 2.64. The minimum absolute atomic E-state index is 0.0763. The third-order valence-corrected chi connectivity index (χ3v) is 6.19. The van der Waals surface area contributed by atoms with Crippen molar-refractivity contribution in [2.24, 2.45) is 5.92 Å². The van der Waals surface area contributed by atoms with Crippen LogP contribution in [-0.2, 0) is 9.59 Å². The van der Waals surface area contributed by atoms with Gasteiger partial charge in [-0.1, -0.05) is 17.4 Å². The number of methoxy groups -OCH3 is 1. The molecule has 3 aromatic rings. The molecule has 144 valence electrons. The Hall–Kier alpha value is -2.58. The molecule has 1 aliphatic rings. The Morgan fingerprint density at radius 3 is 2.86 bits per heavy atom. The van der Waals surface area contributed by atoms with Gasteiger partial charge in [0.05, 0.1) is 23.1 Å². The normalized spacial score (nSPS) is 13.3. The van der Waals surface area contributed by atoms with Crippen LogP contribution in [0.2, 0.25) is 0 Å². The second-order valence-electron chi connectivity index (χ2n) is 6.48. The summed E-state index contributed by atoms with van der Waals surface area (Å²) in [6.07, 6.45) is 1.94. The number of nitrogens with zero attached hydrogens (tertiary/aromatic N) is 1. The minimum atomic E-state index is -0.122. The third-order valence-electron chi connectivity index (χ3n) is 4.26. The molecule has 8 heteroatoms. The van der Waals surface area contributed by atoms with Gasteiger partial charge in [0.1, 0.15) is 5.75 Å². The number of hydrogen-bond acceptors (Lipinski definition) is 6. The molecule has 6 nitrogen and oxygen atoms in total. The Balaban J connectivity index is 1.33. The van der Waals surface area contributed by atoms with Gasteiger partial charge in [-0.3, -0.25) is 9.59 Å². The number of nitrogens with one attached hydrogen (secondary N) is 2. The molecule has 0 saturated heterocycles. The lowest BCUT2D eigenvalue weighted by Crippen LogP contribution is -2.14. The molecule has 28 heavy (non-hydrogen) atoms. The number of hydrogen-bond donors (Lipinski definition) is 2. The van der Waals surface area contributed by atoms with Crippen molar-refractivity contribution in [1.82, 2.24) is 4.98 Å². The van der Waals surface area contributed by atoms with Crippen LogP contribution in [0.25, 0.3) is 10.2 Å². The van der Waals surface area contributed by atoms with Gasteiger partial charge in [-0.05, 0) is 49.2 Å². The topological polar surface area (TPSA) is 80.3 Å². The lowest BCUT2D eigenvalue weighted by atomic mass is 10.3. The highest BCUT2D eigenvalue weighted by molar-refractivity contribution is 8.00. The van der Waals surface area contributed by atoms with E-state index in [0.717, 1.165) is 39.4 Å². The summed E-state index contributed by atoms with van der Waals surface area (Å²) in [6, 6.07) is 13.2. The number of thiazole rings is 1. The molecule has 4 rings (SSSR count). The zero-order valence-electron chi connectivity index (χ0n) is 15.2. The van der Waals surface area contributed by atoms with Crippen LogP contribution in [0.15, 0.2) is 47.4 Å². The number of fused-ring (bicyclic) bond motifs is 1. The zero-order valence-corrected chi connectivity index (χ0v) is 16.9. The van der Waals surface area contributed by atoms with E-state index in [1.807, 2.05) is 42.5 Å². The molecule has 1 saturated carbocycles. The molecular formula is C20H19N3O3S2. The predicted octanol–water partition coefficient (Wildman–Crippen LogP) is 4.38. The van der Waals surface area contributed by atoms with Crippen LogP contribution in [0.4, 0.5) is 10.8 Å².